The van der Waals surface area contributed by atoms with Gasteiger partial charge in [0.1, 0.15) is 0 Å². The van der Waals surface area contributed by atoms with Crippen molar-refractivity contribution < 1.29 is 22.8 Å². The fourth-order valence-corrected chi connectivity index (χ4v) is 4.59. The van der Waals surface area contributed by atoms with Crippen molar-refractivity contribution in [2.24, 2.45) is 11.8 Å². The standard InChI is InChI=1S/C25H28F3N3O2/c26-25(27,28)20-7-3-17(4-8-20)18-5-11-22(12-6-18)31-21-9-1-16(2-10-21)14-30-24(33)19-13-23(32)29-15-19/h1-2,5-6,9-12,17,19-20,31H,3-4,7-8,13-15H2,(H,29,32)(H,30,33). The maximum Gasteiger partial charge on any atom is 0.391 e. The lowest BCUT2D eigenvalue weighted by atomic mass is 9.78. The fourth-order valence-electron chi connectivity index (χ4n) is 4.59. The molecule has 2 fully saturated rings. The topological polar surface area (TPSA) is 70.2 Å². The summed E-state index contributed by atoms with van der Waals surface area (Å²) in [6, 6.07) is 15.6. The van der Waals surface area contributed by atoms with Crippen LogP contribution in [0.5, 0.6) is 0 Å². The van der Waals surface area contributed by atoms with Gasteiger partial charge in [-0.05, 0) is 67.0 Å². The normalized spacial score (nSPS) is 23.1. The summed E-state index contributed by atoms with van der Waals surface area (Å²) in [5, 5.41) is 8.85. The molecule has 4 rings (SSSR count). The summed E-state index contributed by atoms with van der Waals surface area (Å²) in [4.78, 5) is 23.3. The summed E-state index contributed by atoms with van der Waals surface area (Å²) in [7, 11) is 0. The molecule has 1 saturated carbocycles. The average Bonchev–Trinajstić information content (AvgIpc) is 3.25. The van der Waals surface area contributed by atoms with E-state index in [4.69, 9.17) is 0 Å². The van der Waals surface area contributed by atoms with Gasteiger partial charge in [-0.25, -0.2) is 0 Å². The lowest BCUT2D eigenvalue weighted by molar-refractivity contribution is -0.182. The number of benzene rings is 2. The van der Waals surface area contributed by atoms with E-state index in [1.165, 1.54) is 0 Å². The van der Waals surface area contributed by atoms with E-state index in [0.29, 0.717) is 25.9 Å². The van der Waals surface area contributed by atoms with E-state index in [2.05, 4.69) is 16.0 Å². The molecule has 0 radical (unpaired) electrons. The summed E-state index contributed by atoms with van der Waals surface area (Å²) in [6.07, 6.45) is -2.28. The number of hydrogen-bond acceptors (Lipinski definition) is 3. The third-order valence-corrected chi connectivity index (χ3v) is 6.63. The van der Waals surface area contributed by atoms with Crippen molar-refractivity contribution in [3.63, 3.8) is 0 Å². The number of carbonyl (C=O) groups excluding carboxylic acids is 2. The Balaban J connectivity index is 1.25. The Bertz CT molecular complexity index is 966. The van der Waals surface area contributed by atoms with Crippen LogP contribution in [0.3, 0.4) is 0 Å². The molecular weight excluding hydrogens is 431 g/mol. The van der Waals surface area contributed by atoms with E-state index >= 15 is 0 Å². The zero-order valence-electron chi connectivity index (χ0n) is 18.3. The van der Waals surface area contributed by atoms with E-state index in [1.807, 2.05) is 48.5 Å². The predicted octanol–water partition coefficient (Wildman–Crippen LogP) is 5.02. The summed E-state index contributed by atoms with van der Waals surface area (Å²) in [5.74, 6) is -1.49. The van der Waals surface area contributed by atoms with Gasteiger partial charge in [0.15, 0.2) is 0 Å². The number of carbonyl (C=O) groups is 2. The van der Waals surface area contributed by atoms with Crippen LogP contribution in [0.25, 0.3) is 0 Å². The van der Waals surface area contributed by atoms with Crippen molar-refractivity contribution in [1.82, 2.24) is 10.6 Å². The Morgan fingerprint density at radius 2 is 1.55 bits per heavy atom. The van der Waals surface area contributed by atoms with E-state index in [-0.39, 0.29) is 42.9 Å². The molecule has 176 valence electrons. The molecule has 3 N–H and O–H groups in total. The summed E-state index contributed by atoms with van der Waals surface area (Å²) < 4.78 is 38.6. The highest BCUT2D eigenvalue weighted by atomic mass is 19.4. The molecule has 1 aliphatic heterocycles. The molecule has 2 aromatic rings. The van der Waals surface area contributed by atoms with Gasteiger partial charge in [-0.1, -0.05) is 24.3 Å². The van der Waals surface area contributed by atoms with E-state index in [0.717, 1.165) is 22.5 Å². The second-order valence-corrected chi connectivity index (χ2v) is 8.96. The lowest BCUT2D eigenvalue weighted by Crippen LogP contribution is -2.31. The van der Waals surface area contributed by atoms with Crippen molar-refractivity contribution in [2.75, 3.05) is 11.9 Å². The first-order chi connectivity index (χ1) is 15.8. The first-order valence-corrected chi connectivity index (χ1v) is 11.3. The van der Waals surface area contributed by atoms with Crippen LogP contribution in [-0.4, -0.2) is 24.5 Å². The number of halogens is 3. The smallest absolute Gasteiger partial charge is 0.356 e. The number of nitrogens with one attached hydrogen (secondary N) is 3. The number of amides is 2. The number of rotatable bonds is 6. The van der Waals surface area contributed by atoms with Gasteiger partial charge in [0.05, 0.1) is 11.8 Å². The molecule has 33 heavy (non-hydrogen) atoms. The van der Waals surface area contributed by atoms with Crippen molar-refractivity contribution in [3.8, 4) is 0 Å². The van der Waals surface area contributed by atoms with Crippen molar-refractivity contribution in [1.29, 1.82) is 0 Å². The molecule has 0 spiro atoms. The van der Waals surface area contributed by atoms with Gasteiger partial charge in [0.2, 0.25) is 11.8 Å². The maximum absolute atomic E-state index is 12.9. The molecule has 2 amide bonds. The monoisotopic (exact) mass is 459 g/mol. The maximum atomic E-state index is 12.9. The predicted molar refractivity (Wildman–Crippen MR) is 120 cm³/mol. The van der Waals surface area contributed by atoms with Crippen LogP contribution in [0.1, 0.15) is 49.1 Å². The molecule has 0 aromatic heterocycles. The minimum Gasteiger partial charge on any atom is -0.356 e. The van der Waals surface area contributed by atoms with E-state index in [9.17, 15) is 22.8 Å². The van der Waals surface area contributed by atoms with Crippen LogP contribution in [0.2, 0.25) is 0 Å². The molecular formula is C25H28F3N3O2. The van der Waals surface area contributed by atoms with Crippen LogP contribution in [-0.2, 0) is 16.1 Å². The molecule has 2 aliphatic rings. The highest BCUT2D eigenvalue weighted by Gasteiger charge is 2.41. The highest BCUT2D eigenvalue weighted by molar-refractivity contribution is 5.89. The Hall–Kier alpha value is -3.03. The summed E-state index contributed by atoms with van der Waals surface area (Å²) in [5.41, 5.74) is 3.85. The molecule has 1 heterocycles. The number of alkyl halides is 3. The molecule has 1 saturated heterocycles. The fraction of sp³-hybridized carbons (Fsp3) is 0.440. The number of anilines is 2. The average molecular weight is 460 g/mol. The second-order valence-electron chi connectivity index (χ2n) is 8.96. The SMILES string of the molecule is O=C1CC(C(=O)NCc2ccc(Nc3ccc(C4CCC(C(F)(F)F)CC4)cc3)cc2)CN1. The summed E-state index contributed by atoms with van der Waals surface area (Å²) in [6.45, 7) is 0.788. The van der Waals surface area contributed by atoms with Crippen LogP contribution in [0.15, 0.2) is 48.5 Å². The van der Waals surface area contributed by atoms with Crippen molar-refractivity contribution in [2.45, 2.75) is 50.7 Å². The molecule has 1 aliphatic carbocycles. The molecule has 2 aromatic carbocycles. The first kappa shape index (κ1) is 23.1. The van der Waals surface area contributed by atoms with Gasteiger partial charge >= 0.3 is 6.18 Å². The van der Waals surface area contributed by atoms with Gasteiger partial charge in [0.25, 0.3) is 0 Å². The molecule has 8 heteroatoms. The first-order valence-electron chi connectivity index (χ1n) is 11.3. The molecule has 0 bridgehead atoms. The molecule has 1 unspecified atom stereocenters. The van der Waals surface area contributed by atoms with Crippen LogP contribution in [0, 0.1) is 11.8 Å². The van der Waals surface area contributed by atoms with Crippen molar-refractivity contribution >= 4 is 23.2 Å². The quantitative estimate of drug-likeness (QED) is 0.568. The van der Waals surface area contributed by atoms with E-state index < -0.39 is 12.1 Å². The largest absolute Gasteiger partial charge is 0.391 e. The van der Waals surface area contributed by atoms with E-state index in [1.54, 1.807) is 0 Å². The third kappa shape index (κ3) is 6.06. The highest BCUT2D eigenvalue weighted by Crippen LogP contribution is 2.43. The zero-order chi connectivity index (χ0) is 23.4. The molecule has 1 atom stereocenters. The minimum absolute atomic E-state index is 0.0903. The zero-order valence-corrected chi connectivity index (χ0v) is 18.3. The summed E-state index contributed by atoms with van der Waals surface area (Å²) >= 11 is 0. The van der Waals surface area contributed by atoms with Gasteiger partial charge < -0.3 is 16.0 Å². The Kier molecular flexibility index (Phi) is 6.91. The van der Waals surface area contributed by atoms with Crippen molar-refractivity contribution in [3.05, 3.63) is 59.7 Å². The Morgan fingerprint density at radius 1 is 0.939 bits per heavy atom. The lowest BCUT2D eigenvalue weighted by Gasteiger charge is -2.30. The molecule has 5 nitrogen and oxygen atoms in total. The number of hydrogen-bond donors (Lipinski definition) is 3. The Labute approximate surface area is 191 Å². The van der Waals surface area contributed by atoms with Crippen LogP contribution in [0.4, 0.5) is 24.5 Å². The second kappa shape index (κ2) is 9.85. The van der Waals surface area contributed by atoms with Gasteiger partial charge in [0, 0.05) is 30.9 Å². The van der Waals surface area contributed by atoms with Gasteiger partial charge in [-0.15, -0.1) is 0 Å². The Morgan fingerprint density at radius 3 is 2.09 bits per heavy atom. The van der Waals surface area contributed by atoms with Crippen LogP contribution >= 0.6 is 0 Å². The van der Waals surface area contributed by atoms with Crippen LogP contribution < -0.4 is 16.0 Å². The minimum atomic E-state index is -4.08. The van der Waals surface area contributed by atoms with Gasteiger partial charge in [-0.2, -0.15) is 13.2 Å². The third-order valence-electron chi connectivity index (χ3n) is 6.63. The van der Waals surface area contributed by atoms with Gasteiger partial charge in [-0.3, -0.25) is 9.59 Å².